The molecule has 0 spiro atoms. The molecular weight excluding hydrogens is 326 g/mol. The van der Waals surface area contributed by atoms with Crippen LogP contribution in [0.1, 0.15) is 15.9 Å². The van der Waals surface area contributed by atoms with Crippen molar-refractivity contribution in [3.05, 3.63) is 94.3 Å². The molecule has 1 amide bonds. The Morgan fingerprint density at radius 2 is 1.77 bits per heavy atom. The highest BCUT2D eigenvalue weighted by molar-refractivity contribution is 5.97. The van der Waals surface area contributed by atoms with Crippen LogP contribution < -0.4 is 5.43 Å². The van der Waals surface area contributed by atoms with Gasteiger partial charge in [0.2, 0.25) is 0 Å². The second kappa shape index (κ2) is 6.48. The van der Waals surface area contributed by atoms with Gasteiger partial charge in [-0.1, -0.05) is 42.5 Å². The fourth-order valence-electron chi connectivity index (χ4n) is 3.19. The molecule has 0 saturated heterocycles. The molecule has 128 valence electrons. The standard InChI is InChI=1S/C22H17NO3/c1-23(14-17-7-4-6-15-5-2-3-8-18(15)17)22(25)16-9-10-19-20(24)11-12-26-21(19)13-16/h2-13H,14H2,1H3. The maximum atomic E-state index is 12.8. The number of rotatable bonds is 3. The molecule has 0 aliphatic rings. The van der Waals surface area contributed by atoms with Crippen molar-refractivity contribution in [3.63, 3.8) is 0 Å². The molecule has 0 unspecified atom stereocenters. The SMILES string of the molecule is CN(Cc1cccc2ccccc12)C(=O)c1ccc2c(=O)ccoc2c1. The lowest BCUT2D eigenvalue weighted by Crippen LogP contribution is -2.26. The van der Waals surface area contributed by atoms with Crippen molar-refractivity contribution in [2.75, 3.05) is 7.05 Å². The Balaban J connectivity index is 1.64. The van der Waals surface area contributed by atoms with Gasteiger partial charge in [0.05, 0.1) is 11.6 Å². The first-order chi connectivity index (χ1) is 12.6. The lowest BCUT2D eigenvalue weighted by molar-refractivity contribution is 0.0785. The van der Waals surface area contributed by atoms with Crippen molar-refractivity contribution in [2.24, 2.45) is 0 Å². The molecule has 26 heavy (non-hydrogen) atoms. The fourth-order valence-corrected chi connectivity index (χ4v) is 3.19. The van der Waals surface area contributed by atoms with Gasteiger partial charge in [-0.15, -0.1) is 0 Å². The zero-order chi connectivity index (χ0) is 18.1. The molecule has 0 atom stereocenters. The summed E-state index contributed by atoms with van der Waals surface area (Å²) >= 11 is 0. The predicted octanol–water partition coefficient (Wildman–Crippen LogP) is 4.22. The zero-order valence-corrected chi connectivity index (χ0v) is 14.3. The van der Waals surface area contributed by atoms with E-state index in [0.717, 1.165) is 16.3 Å². The summed E-state index contributed by atoms with van der Waals surface area (Å²) in [4.78, 5) is 26.3. The maximum absolute atomic E-state index is 12.8. The second-order valence-corrected chi connectivity index (χ2v) is 6.30. The summed E-state index contributed by atoms with van der Waals surface area (Å²) in [5, 5.41) is 2.76. The van der Waals surface area contributed by atoms with Gasteiger partial charge in [-0.3, -0.25) is 9.59 Å². The van der Waals surface area contributed by atoms with Crippen molar-refractivity contribution in [1.82, 2.24) is 4.90 Å². The van der Waals surface area contributed by atoms with Gasteiger partial charge in [0, 0.05) is 25.2 Å². The van der Waals surface area contributed by atoms with Crippen LogP contribution in [0, 0.1) is 0 Å². The van der Waals surface area contributed by atoms with Crippen molar-refractivity contribution in [1.29, 1.82) is 0 Å². The van der Waals surface area contributed by atoms with E-state index < -0.39 is 0 Å². The molecule has 4 nitrogen and oxygen atoms in total. The fraction of sp³-hybridized carbons (Fsp3) is 0.0909. The maximum Gasteiger partial charge on any atom is 0.254 e. The first kappa shape index (κ1) is 16.1. The van der Waals surface area contributed by atoms with Gasteiger partial charge in [-0.05, 0) is 34.5 Å². The number of hydrogen-bond acceptors (Lipinski definition) is 3. The van der Waals surface area contributed by atoms with Crippen LogP contribution in [-0.4, -0.2) is 17.9 Å². The van der Waals surface area contributed by atoms with Gasteiger partial charge in [0.15, 0.2) is 5.43 Å². The minimum atomic E-state index is -0.119. The van der Waals surface area contributed by atoms with Crippen LogP contribution in [0.3, 0.4) is 0 Å². The van der Waals surface area contributed by atoms with Gasteiger partial charge < -0.3 is 9.32 Å². The molecule has 0 saturated carbocycles. The summed E-state index contributed by atoms with van der Waals surface area (Å²) in [6.45, 7) is 0.497. The van der Waals surface area contributed by atoms with E-state index >= 15 is 0 Å². The first-order valence-corrected chi connectivity index (χ1v) is 8.37. The number of carbonyl (C=O) groups is 1. The Morgan fingerprint density at radius 3 is 2.65 bits per heavy atom. The summed E-state index contributed by atoms with van der Waals surface area (Å²) in [6, 6.07) is 20.5. The second-order valence-electron chi connectivity index (χ2n) is 6.30. The Labute approximate surface area is 150 Å². The van der Waals surface area contributed by atoms with Crippen molar-refractivity contribution in [2.45, 2.75) is 6.54 Å². The minimum Gasteiger partial charge on any atom is -0.464 e. The Bertz CT molecular complexity index is 1170. The monoisotopic (exact) mass is 343 g/mol. The van der Waals surface area contributed by atoms with E-state index in [0.29, 0.717) is 23.1 Å². The molecule has 4 rings (SSSR count). The van der Waals surface area contributed by atoms with Crippen LogP contribution in [0.25, 0.3) is 21.7 Å². The average Bonchev–Trinajstić information content (AvgIpc) is 2.67. The third-order valence-corrected chi connectivity index (χ3v) is 4.54. The largest absolute Gasteiger partial charge is 0.464 e. The van der Waals surface area contributed by atoms with Crippen LogP contribution in [-0.2, 0) is 6.54 Å². The van der Waals surface area contributed by atoms with E-state index in [1.54, 1.807) is 30.1 Å². The molecule has 0 N–H and O–H groups in total. The number of benzene rings is 3. The van der Waals surface area contributed by atoms with Crippen molar-refractivity contribution in [3.8, 4) is 0 Å². The molecule has 1 heterocycles. The molecule has 4 heteroatoms. The lowest BCUT2D eigenvalue weighted by atomic mass is 10.0. The van der Waals surface area contributed by atoms with Crippen LogP contribution in [0.15, 0.2) is 82.2 Å². The Kier molecular flexibility index (Phi) is 4.01. The van der Waals surface area contributed by atoms with Crippen molar-refractivity contribution < 1.29 is 9.21 Å². The van der Waals surface area contributed by atoms with Crippen LogP contribution in [0.4, 0.5) is 0 Å². The summed E-state index contributed by atoms with van der Waals surface area (Å²) in [5.41, 5.74) is 1.89. The van der Waals surface area contributed by atoms with Crippen molar-refractivity contribution >= 4 is 27.6 Å². The van der Waals surface area contributed by atoms with E-state index in [2.05, 4.69) is 18.2 Å². The Hall–Kier alpha value is -3.40. The molecule has 0 aliphatic carbocycles. The van der Waals surface area contributed by atoms with E-state index in [-0.39, 0.29) is 11.3 Å². The molecule has 0 aliphatic heterocycles. The first-order valence-electron chi connectivity index (χ1n) is 8.37. The zero-order valence-electron chi connectivity index (χ0n) is 14.3. The van der Waals surface area contributed by atoms with Gasteiger partial charge in [-0.25, -0.2) is 0 Å². The topological polar surface area (TPSA) is 50.5 Å². The van der Waals surface area contributed by atoms with E-state index in [1.165, 1.54) is 12.3 Å². The van der Waals surface area contributed by atoms with Crippen LogP contribution >= 0.6 is 0 Å². The summed E-state index contributed by atoms with van der Waals surface area (Å²) in [6.07, 6.45) is 1.35. The van der Waals surface area contributed by atoms with E-state index in [1.807, 2.05) is 24.3 Å². The van der Waals surface area contributed by atoms with E-state index in [4.69, 9.17) is 4.42 Å². The molecule has 3 aromatic carbocycles. The number of hydrogen-bond donors (Lipinski definition) is 0. The third-order valence-electron chi connectivity index (χ3n) is 4.54. The summed E-state index contributed by atoms with van der Waals surface area (Å²) < 4.78 is 5.37. The van der Waals surface area contributed by atoms with Gasteiger partial charge in [0.25, 0.3) is 5.91 Å². The number of fused-ring (bicyclic) bond motifs is 2. The summed E-state index contributed by atoms with van der Waals surface area (Å²) in [5.74, 6) is -0.119. The smallest absolute Gasteiger partial charge is 0.254 e. The van der Waals surface area contributed by atoms with Gasteiger partial charge in [0.1, 0.15) is 5.58 Å². The molecule has 1 aromatic heterocycles. The highest BCUT2D eigenvalue weighted by atomic mass is 16.3. The van der Waals surface area contributed by atoms with Gasteiger partial charge >= 0.3 is 0 Å². The predicted molar refractivity (Wildman–Crippen MR) is 102 cm³/mol. The van der Waals surface area contributed by atoms with E-state index in [9.17, 15) is 9.59 Å². The highest BCUT2D eigenvalue weighted by Gasteiger charge is 2.14. The average molecular weight is 343 g/mol. The molecule has 4 aromatic rings. The quantitative estimate of drug-likeness (QED) is 0.560. The number of nitrogens with zero attached hydrogens (tertiary/aromatic N) is 1. The molecular formula is C22H17NO3. The number of carbonyl (C=O) groups excluding carboxylic acids is 1. The molecule has 0 fully saturated rings. The lowest BCUT2D eigenvalue weighted by Gasteiger charge is -2.18. The number of amides is 1. The van der Waals surface area contributed by atoms with Crippen LogP contribution in [0.2, 0.25) is 0 Å². The summed E-state index contributed by atoms with van der Waals surface area (Å²) in [7, 11) is 1.77. The minimum absolute atomic E-state index is 0.116. The molecule has 0 radical (unpaired) electrons. The third kappa shape index (κ3) is 2.86. The van der Waals surface area contributed by atoms with Gasteiger partial charge in [-0.2, -0.15) is 0 Å². The Morgan fingerprint density at radius 1 is 0.962 bits per heavy atom. The highest BCUT2D eigenvalue weighted by Crippen LogP contribution is 2.21. The molecule has 0 bridgehead atoms. The normalized spacial score (nSPS) is 11.0. The van der Waals surface area contributed by atoms with Crippen LogP contribution in [0.5, 0.6) is 0 Å².